The second-order valence-electron chi connectivity index (χ2n) is 5.15. The number of hydrogen-bond donors (Lipinski definition) is 1. The third-order valence-electron chi connectivity index (χ3n) is 3.31. The standard InChI is InChI=1S/C14H26N2O2S/c1-7-14(4,18-6)13-16-11(9-17-5)12(19-13)8-15-10(2)3/h10,15H,7-9H2,1-6H3. The molecule has 0 amide bonds. The van der Waals surface area contributed by atoms with Gasteiger partial charge in [0.25, 0.3) is 0 Å². The Morgan fingerprint density at radius 3 is 2.53 bits per heavy atom. The Balaban J connectivity index is 2.99. The van der Waals surface area contributed by atoms with Gasteiger partial charge in [-0.2, -0.15) is 0 Å². The molecule has 1 heterocycles. The molecule has 0 saturated heterocycles. The summed E-state index contributed by atoms with van der Waals surface area (Å²) >= 11 is 1.72. The average Bonchev–Trinajstić information content (AvgIpc) is 2.79. The van der Waals surface area contributed by atoms with Crippen molar-refractivity contribution in [3.05, 3.63) is 15.6 Å². The Bertz CT molecular complexity index is 387. The van der Waals surface area contributed by atoms with Crippen molar-refractivity contribution in [2.45, 2.75) is 58.9 Å². The number of nitrogens with one attached hydrogen (secondary N) is 1. The molecule has 1 aromatic heterocycles. The van der Waals surface area contributed by atoms with Gasteiger partial charge in [0.1, 0.15) is 10.6 Å². The Labute approximate surface area is 120 Å². The molecule has 0 aliphatic rings. The van der Waals surface area contributed by atoms with E-state index in [1.54, 1.807) is 25.6 Å². The Hall–Kier alpha value is -0.490. The van der Waals surface area contributed by atoms with E-state index >= 15 is 0 Å². The first-order valence-corrected chi connectivity index (χ1v) is 7.55. The fourth-order valence-corrected chi connectivity index (χ4v) is 2.89. The van der Waals surface area contributed by atoms with Crippen molar-refractivity contribution < 1.29 is 9.47 Å². The van der Waals surface area contributed by atoms with Crippen LogP contribution in [0.1, 0.15) is 49.7 Å². The SMILES string of the molecule is CCC(C)(OC)c1nc(COC)c(CNC(C)C)s1. The van der Waals surface area contributed by atoms with Crippen molar-refractivity contribution in [1.29, 1.82) is 0 Å². The highest BCUT2D eigenvalue weighted by Gasteiger charge is 2.29. The number of ether oxygens (including phenoxy) is 2. The highest BCUT2D eigenvalue weighted by molar-refractivity contribution is 7.11. The molecule has 0 fully saturated rings. The minimum atomic E-state index is -0.302. The summed E-state index contributed by atoms with van der Waals surface area (Å²) in [5, 5.41) is 4.47. The highest BCUT2D eigenvalue weighted by atomic mass is 32.1. The third kappa shape index (κ3) is 4.24. The van der Waals surface area contributed by atoms with Crippen molar-refractivity contribution in [2.24, 2.45) is 0 Å². The smallest absolute Gasteiger partial charge is 0.125 e. The van der Waals surface area contributed by atoms with E-state index in [0.717, 1.165) is 23.7 Å². The van der Waals surface area contributed by atoms with Crippen LogP contribution in [0.15, 0.2) is 0 Å². The van der Waals surface area contributed by atoms with E-state index in [4.69, 9.17) is 14.5 Å². The van der Waals surface area contributed by atoms with E-state index in [9.17, 15) is 0 Å². The molecule has 110 valence electrons. The Morgan fingerprint density at radius 1 is 1.37 bits per heavy atom. The van der Waals surface area contributed by atoms with E-state index in [1.807, 2.05) is 0 Å². The predicted molar refractivity (Wildman–Crippen MR) is 79.5 cm³/mol. The Kier molecular flexibility index (Phi) is 6.39. The van der Waals surface area contributed by atoms with Gasteiger partial charge in [0.2, 0.25) is 0 Å². The van der Waals surface area contributed by atoms with Gasteiger partial charge in [-0.25, -0.2) is 4.98 Å². The number of nitrogens with zero attached hydrogens (tertiary/aromatic N) is 1. The molecule has 0 bridgehead atoms. The second kappa shape index (κ2) is 7.33. The lowest BCUT2D eigenvalue weighted by Gasteiger charge is -2.23. The lowest BCUT2D eigenvalue weighted by molar-refractivity contribution is -0.00183. The van der Waals surface area contributed by atoms with E-state index in [2.05, 4.69) is 33.0 Å². The largest absolute Gasteiger partial charge is 0.378 e. The van der Waals surface area contributed by atoms with Crippen LogP contribution in [0.2, 0.25) is 0 Å². The molecule has 1 atom stereocenters. The van der Waals surface area contributed by atoms with E-state index in [-0.39, 0.29) is 5.60 Å². The number of aromatic nitrogens is 1. The lowest BCUT2D eigenvalue weighted by atomic mass is 10.1. The predicted octanol–water partition coefficient (Wildman–Crippen LogP) is 3.06. The minimum absolute atomic E-state index is 0.302. The van der Waals surface area contributed by atoms with E-state index in [0.29, 0.717) is 12.6 Å². The van der Waals surface area contributed by atoms with Crippen molar-refractivity contribution in [2.75, 3.05) is 14.2 Å². The fourth-order valence-electron chi connectivity index (χ4n) is 1.68. The normalized spacial score (nSPS) is 14.9. The van der Waals surface area contributed by atoms with Crippen LogP contribution in [0.5, 0.6) is 0 Å². The summed E-state index contributed by atoms with van der Waals surface area (Å²) in [6, 6.07) is 0.459. The molecule has 0 aliphatic heterocycles. The maximum Gasteiger partial charge on any atom is 0.125 e. The summed E-state index contributed by atoms with van der Waals surface area (Å²) in [7, 11) is 3.45. The molecule has 0 spiro atoms. The van der Waals surface area contributed by atoms with Gasteiger partial charge in [-0.05, 0) is 13.3 Å². The van der Waals surface area contributed by atoms with Crippen LogP contribution in [0.4, 0.5) is 0 Å². The van der Waals surface area contributed by atoms with Crippen LogP contribution in [0, 0.1) is 0 Å². The molecule has 0 radical (unpaired) electrons. The fraction of sp³-hybridized carbons (Fsp3) is 0.786. The average molecular weight is 286 g/mol. The summed E-state index contributed by atoms with van der Waals surface area (Å²) in [6.07, 6.45) is 0.903. The molecule has 0 aromatic carbocycles. The molecule has 5 heteroatoms. The molecule has 1 N–H and O–H groups in total. The zero-order valence-corrected chi connectivity index (χ0v) is 13.7. The van der Waals surface area contributed by atoms with E-state index in [1.165, 1.54) is 4.88 Å². The summed E-state index contributed by atoms with van der Waals surface area (Å²) in [4.78, 5) is 5.96. The molecule has 4 nitrogen and oxygen atoms in total. The first-order valence-electron chi connectivity index (χ1n) is 6.73. The monoisotopic (exact) mass is 286 g/mol. The van der Waals surface area contributed by atoms with Crippen LogP contribution < -0.4 is 5.32 Å². The third-order valence-corrected chi connectivity index (χ3v) is 4.65. The van der Waals surface area contributed by atoms with Crippen molar-refractivity contribution in [1.82, 2.24) is 10.3 Å². The summed E-state index contributed by atoms with van der Waals surface area (Å²) < 4.78 is 10.9. The summed E-state index contributed by atoms with van der Waals surface area (Å²) in [5.41, 5.74) is 0.718. The lowest BCUT2D eigenvalue weighted by Crippen LogP contribution is -2.23. The van der Waals surface area contributed by atoms with Gasteiger partial charge < -0.3 is 14.8 Å². The zero-order chi connectivity index (χ0) is 14.5. The first kappa shape index (κ1) is 16.6. The van der Waals surface area contributed by atoms with Gasteiger partial charge in [0, 0.05) is 31.7 Å². The summed E-state index contributed by atoms with van der Waals surface area (Å²) in [6.45, 7) is 9.87. The van der Waals surface area contributed by atoms with E-state index < -0.39 is 0 Å². The van der Waals surface area contributed by atoms with Crippen LogP contribution in [-0.2, 0) is 28.2 Å². The van der Waals surface area contributed by atoms with Gasteiger partial charge in [0.15, 0.2) is 0 Å². The maximum atomic E-state index is 5.63. The van der Waals surface area contributed by atoms with Gasteiger partial charge in [0.05, 0.1) is 12.3 Å². The van der Waals surface area contributed by atoms with Gasteiger partial charge >= 0.3 is 0 Å². The van der Waals surface area contributed by atoms with Crippen LogP contribution >= 0.6 is 11.3 Å². The van der Waals surface area contributed by atoms with Gasteiger partial charge in [-0.1, -0.05) is 20.8 Å². The molecule has 19 heavy (non-hydrogen) atoms. The zero-order valence-electron chi connectivity index (χ0n) is 12.9. The highest BCUT2D eigenvalue weighted by Crippen LogP contribution is 2.33. The molecular formula is C14H26N2O2S. The molecule has 1 rings (SSSR count). The van der Waals surface area contributed by atoms with Crippen molar-refractivity contribution in [3.8, 4) is 0 Å². The number of thiazole rings is 1. The quantitative estimate of drug-likeness (QED) is 0.797. The first-order chi connectivity index (χ1) is 8.96. The summed E-state index contributed by atoms with van der Waals surface area (Å²) in [5.74, 6) is 0. The second-order valence-corrected chi connectivity index (χ2v) is 6.23. The molecule has 0 aliphatic carbocycles. The molecule has 1 aromatic rings. The minimum Gasteiger partial charge on any atom is -0.378 e. The number of methoxy groups -OCH3 is 2. The van der Waals surface area contributed by atoms with Crippen LogP contribution in [0.3, 0.4) is 0 Å². The molecular weight excluding hydrogens is 260 g/mol. The molecule has 1 unspecified atom stereocenters. The van der Waals surface area contributed by atoms with Crippen molar-refractivity contribution in [3.63, 3.8) is 0 Å². The van der Waals surface area contributed by atoms with Crippen molar-refractivity contribution >= 4 is 11.3 Å². The number of rotatable bonds is 8. The maximum absolute atomic E-state index is 5.63. The number of hydrogen-bond acceptors (Lipinski definition) is 5. The van der Waals surface area contributed by atoms with Crippen LogP contribution in [-0.4, -0.2) is 25.2 Å². The molecule has 0 saturated carbocycles. The van der Waals surface area contributed by atoms with Gasteiger partial charge in [-0.15, -0.1) is 11.3 Å². The topological polar surface area (TPSA) is 43.4 Å². The Morgan fingerprint density at radius 2 is 2.05 bits per heavy atom. The van der Waals surface area contributed by atoms with Crippen LogP contribution in [0.25, 0.3) is 0 Å². The van der Waals surface area contributed by atoms with Gasteiger partial charge in [-0.3, -0.25) is 0 Å².